The molecular formula is C29H32N6O4S. The molecule has 11 heteroatoms. The van der Waals surface area contributed by atoms with Crippen LogP contribution >= 0.6 is 11.8 Å². The maximum atomic E-state index is 13.6. The number of thioether (sulfide) groups is 1. The van der Waals surface area contributed by atoms with E-state index >= 15 is 0 Å². The molecule has 4 aliphatic rings. The van der Waals surface area contributed by atoms with Crippen molar-refractivity contribution in [2.75, 3.05) is 11.4 Å². The summed E-state index contributed by atoms with van der Waals surface area (Å²) in [6.45, 7) is 6.18. The van der Waals surface area contributed by atoms with Gasteiger partial charge in [-0.05, 0) is 62.9 Å². The van der Waals surface area contributed by atoms with Crippen molar-refractivity contribution in [1.29, 1.82) is 0 Å². The summed E-state index contributed by atoms with van der Waals surface area (Å²) in [5.41, 5.74) is 2.29. The Morgan fingerprint density at radius 3 is 2.70 bits per heavy atom. The second kappa shape index (κ2) is 11.0. The van der Waals surface area contributed by atoms with Gasteiger partial charge in [0.15, 0.2) is 0 Å². The van der Waals surface area contributed by atoms with Gasteiger partial charge in [0.1, 0.15) is 5.75 Å². The van der Waals surface area contributed by atoms with Crippen LogP contribution in [0.25, 0.3) is 0 Å². The van der Waals surface area contributed by atoms with Crippen molar-refractivity contribution >= 4 is 35.3 Å². The average molecular weight is 561 g/mol. The van der Waals surface area contributed by atoms with Crippen LogP contribution < -0.4 is 30.9 Å². The van der Waals surface area contributed by atoms with Gasteiger partial charge in [0, 0.05) is 29.8 Å². The third-order valence-corrected chi connectivity index (χ3v) is 9.29. The topological polar surface area (TPSA) is 125 Å². The smallest absolute Gasteiger partial charge is 0.326 e. The maximum Gasteiger partial charge on any atom is 0.326 e. The molecule has 208 valence electrons. The Kier molecular flexibility index (Phi) is 7.24. The fraction of sp³-hybridized carbons (Fsp3) is 0.379. The largest absolute Gasteiger partial charge is 0.439 e. The SMILES string of the molecule is C=CC(=O)N[C@H]1CC[C@@H](NC(=O)C2=C3NC(=O)N(c4cnc(Oc5ccccc5)cc4C)C4CCNC(S2)C34)C1. The first kappa shape index (κ1) is 26.4. The van der Waals surface area contributed by atoms with E-state index in [2.05, 4.69) is 32.8 Å². The third-order valence-electron chi connectivity index (χ3n) is 7.93. The first-order chi connectivity index (χ1) is 19.4. The summed E-state index contributed by atoms with van der Waals surface area (Å²) >= 11 is 1.48. The number of carbonyl (C=O) groups is 3. The fourth-order valence-electron chi connectivity index (χ4n) is 6.10. The van der Waals surface area contributed by atoms with E-state index in [-0.39, 0.29) is 47.3 Å². The Bertz CT molecular complexity index is 1380. The zero-order valence-electron chi connectivity index (χ0n) is 22.2. The van der Waals surface area contributed by atoms with Crippen LogP contribution in [0.5, 0.6) is 11.6 Å². The van der Waals surface area contributed by atoms with Crippen LogP contribution in [0.4, 0.5) is 10.5 Å². The molecule has 1 saturated carbocycles. The number of nitrogens with zero attached hydrogens (tertiary/aromatic N) is 2. The zero-order chi connectivity index (χ0) is 27.8. The van der Waals surface area contributed by atoms with E-state index in [1.165, 1.54) is 17.8 Å². The highest BCUT2D eigenvalue weighted by Gasteiger charge is 2.52. The average Bonchev–Trinajstić information content (AvgIpc) is 3.55. The predicted molar refractivity (Wildman–Crippen MR) is 153 cm³/mol. The number of ether oxygens (including phenoxy) is 1. The summed E-state index contributed by atoms with van der Waals surface area (Å²) in [7, 11) is 0. The van der Waals surface area contributed by atoms with E-state index < -0.39 is 0 Å². The first-order valence-corrected chi connectivity index (χ1v) is 14.5. The second-order valence-electron chi connectivity index (χ2n) is 10.5. The van der Waals surface area contributed by atoms with Gasteiger partial charge in [-0.15, -0.1) is 0 Å². The van der Waals surface area contributed by atoms with E-state index in [1.807, 2.05) is 43.3 Å². The summed E-state index contributed by atoms with van der Waals surface area (Å²) in [4.78, 5) is 45.5. The molecular weight excluding hydrogens is 528 g/mol. The second-order valence-corrected chi connectivity index (χ2v) is 11.7. The van der Waals surface area contributed by atoms with Crippen LogP contribution in [0.1, 0.15) is 31.2 Å². The summed E-state index contributed by atoms with van der Waals surface area (Å²) < 4.78 is 5.88. The number of hydrogen-bond donors (Lipinski definition) is 4. The van der Waals surface area contributed by atoms with Gasteiger partial charge in [0.05, 0.1) is 28.2 Å². The van der Waals surface area contributed by atoms with Gasteiger partial charge < -0.3 is 26.0 Å². The minimum atomic E-state index is -0.264. The molecule has 1 aliphatic carbocycles. The Morgan fingerprint density at radius 1 is 1.18 bits per heavy atom. The van der Waals surface area contributed by atoms with Crippen molar-refractivity contribution in [3.63, 3.8) is 0 Å². The standard InChI is InChI=1S/C29H32N6O4S/c1-3-22(36)32-17-9-10-18(14-17)33-27(37)26-25-24-20(11-12-30-28(24)40-26)35(29(38)34-25)21-15-31-23(13-16(21)2)39-19-7-5-4-6-8-19/h3-8,13,15,17-18,20,24,28,30H,1,9-12,14H2,2H3,(H,32,36)(H,33,37)(H,34,38)/t17-,18+,20?,24?,28?/m0/s1. The molecule has 0 bridgehead atoms. The van der Waals surface area contributed by atoms with Crippen LogP contribution in [0.3, 0.4) is 0 Å². The van der Waals surface area contributed by atoms with Crippen molar-refractivity contribution in [2.45, 2.75) is 56.1 Å². The highest BCUT2D eigenvalue weighted by Crippen LogP contribution is 2.48. The van der Waals surface area contributed by atoms with Crippen molar-refractivity contribution in [3.8, 4) is 11.6 Å². The number of aryl methyl sites for hydroxylation is 1. The third kappa shape index (κ3) is 5.06. The molecule has 1 aromatic heterocycles. The molecule has 3 aliphatic heterocycles. The molecule has 2 saturated heterocycles. The van der Waals surface area contributed by atoms with Gasteiger partial charge in [-0.1, -0.05) is 36.5 Å². The lowest BCUT2D eigenvalue weighted by Gasteiger charge is -2.46. The lowest BCUT2D eigenvalue weighted by atomic mass is 9.86. The number of nitrogens with one attached hydrogen (secondary N) is 4. The van der Waals surface area contributed by atoms with Crippen LogP contribution in [0, 0.1) is 12.8 Å². The highest BCUT2D eigenvalue weighted by molar-refractivity contribution is 8.04. The number of para-hydroxylation sites is 1. The molecule has 4 heterocycles. The van der Waals surface area contributed by atoms with E-state index in [0.717, 1.165) is 37.1 Å². The molecule has 0 radical (unpaired) electrons. The number of benzene rings is 1. The van der Waals surface area contributed by atoms with Crippen molar-refractivity contribution in [1.82, 2.24) is 26.3 Å². The molecule has 6 rings (SSSR count). The fourth-order valence-corrected chi connectivity index (χ4v) is 7.50. The Morgan fingerprint density at radius 2 is 1.95 bits per heavy atom. The number of rotatable bonds is 7. The van der Waals surface area contributed by atoms with E-state index in [4.69, 9.17) is 4.74 Å². The Labute approximate surface area is 237 Å². The van der Waals surface area contributed by atoms with Crippen molar-refractivity contribution < 1.29 is 19.1 Å². The van der Waals surface area contributed by atoms with E-state index in [1.54, 1.807) is 11.1 Å². The minimum Gasteiger partial charge on any atom is -0.439 e. The van der Waals surface area contributed by atoms with Crippen LogP contribution in [0.15, 0.2) is 65.9 Å². The van der Waals surface area contributed by atoms with Gasteiger partial charge >= 0.3 is 6.03 Å². The summed E-state index contributed by atoms with van der Waals surface area (Å²) in [5, 5.41) is 12.6. The van der Waals surface area contributed by atoms with Gasteiger partial charge in [-0.25, -0.2) is 9.78 Å². The number of piperidine rings is 1. The molecule has 4 N–H and O–H groups in total. The number of pyridine rings is 1. The lowest BCUT2D eigenvalue weighted by Crippen LogP contribution is -2.62. The molecule has 2 aromatic rings. The number of aromatic nitrogens is 1. The number of anilines is 1. The van der Waals surface area contributed by atoms with Gasteiger partial charge in [-0.2, -0.15) is 0 Å². The molecule has 10 nitrogen and oxygen atoms in total. The van der Waals surface area contributed by atoms with E-state index in [0.29, 0.717) is 28.7 Å². The summed E-state index contributed by atoms with van der Waals surface area (Å²) in [6, 6.07) is 10.9. The Hall–Kier alpha value is -3.83. The summed E-state index contributed by atoms with van der Waals surface area (Å²) in [5.74, 6) is 0.719. The maximum absolute atomic E-state index is 13.6. The lowest BCUT2D eigenvalue weighted by molar-refractivity contribution is -0.117. The zero-order valence-corrected chi connectivity index (χ0v) is 23.0. The molecule has 3 unspecified atom stereocenters. The number of amides is 4. The van der Waals surface area contributed by atoms with Crippen molar-refractivity contribution in [2.24, 2.45) is 5.92 Å². The monoisotopic (exact) mass is 560 g/mol. The molecule has 3 fully saturated rings. The normalized spacial score (nSPS) is 27.1. The predicted octanol–water partition coefficient (Wildman–Crippen LogP) is 3.31. The number of carbonyl (C=O) groups excluding carboxylic acids is 3. The van der Waals surface area contributed by atoms with Crippen LogP contribution in [-0.4, -0.2) is 52.9 Å². The molecule has 4 amide bonds. The molecule has 1 aromatic carbocycles. The minimum absolute atomic E-state index is 0.0163. The van der Waals surface area contributed by atoms with E-state index in [9.17, 15) is 14.4 Å². The van der Waals surface area contributed by atoms with Crippen LogP contribution in [-0.2, 0) is 9.59 Å². The molecule has 5 atom stereocenters. The van der Waals surface area contributed by atoms with Crippen LogP contribution in [0.2, 0.25) is 0 Å². The van der Waals surface area contributed by atoms with Crippen molar-refractivity contribution in [3.05, 3.63) is 71.4 Å². The highest BCUT2D eigenvalue weighted by atomic mass is 32.2. The first-order valence-electron chi connectivity index (χ1n) is 13.6. The quantitative estimate of drug-likeness (QED) is 0.383. The Balaban J connectivity index is 1.19. The number of urea groups is 1. The van der Waals surface area contributed by atoms with Gasteiger partial charge in [-0.3, -0.25) is 14.5 Å². The number of hydrogen-bond acceptors (Lipinski definition) is 7. The molecule has 0 spiro atoms. The molecule has 40 heavy (non-hydrogen) atoms. The summed E-state index contributed by atoms with van der Waals surface area (Å²) in [6.07, 6.45) is 5.96. The van der Waals surface area contributed by atoms with Gasteiger partial charge in [0.2, 0.25) is 11.8 Å². The van der Waals surface area contributed by atoms with Gasteiger partial charge in [0.25, 0.3) is 5.91 Å².